The summed E-state index contributed by atoms with van der Waals surface area (Å²) < 4.78 is 0. The van der Waals surface area contributed by atoms with E-state index in [0.717, 1.165) is 15.4 Å². The Balaban J connectivity index is 2.36. The Kier molecular flexibility index (Phi) is 3.21. The summed E-state index contributed by atoms with van der Waals surface area (Å²) in [5, 5.41) is 18.6. The predicted octanol–water partition coefficient (Wildman–Crippen LogP) is 2.31. The van der Waals surface area contributed by atoms with Gasteiger partial charge in [0, 0.05) is 10.4 Å². The summed E-state index contributed by atoms with van der Waals surface area (Å²) in [7, 11) is 0. The van der Waals surface area contributed by atoms with E-state index >= 15 is 0 Å². The molecule has 5 heteroatoms. The molecular formula is C12H11NO3S. The Labute approximate surface area is 102 Å². The molecule has 0 saturated carbocycles. The summed E-state index contributed by atoms with van der Waals surface area (Å²) in [5.41, 5.74) is 1.79. The van der Waals surface area contributed by atoms with Crippen molar-refractivity contribution in [2.75, 3.05) is 0 Å². The fourth-order valence-corrected chi connectivity index (χ4v) is 2.38. The van der Waals surface area contributed by atoms with Gasteiger partial charge in [0.25, 0.3) is 0 Å². The molecule has 2 N–H and O–H groups in total. The number of aromatic nitrogens is 1. The average Bonchev–Trinajstić information content (AvgIpc) is 2.70. The number of aliphatic hydroxyl groups is 1. The molecule has 17 heavy (non-hydrogen) atoms. The van der Waals surface area contributed by atoms with E-state index < -0.39 is 5.97 Å². The van der Waals surface area contributed by atoms with Gasteiger partial charge >= 0.3 is 5.97 Å². The van der Waals surface area contributed by atoms with Crippen LogP contribution in [0.1, 0.15) is 20.9 Å². The third-order valence-electron chi connectivity index (χ3n) is 2.42. The molecule has 2 aromatic rings. The van der Waals surface area contributed by atoms with Crippen LogP contribution in [0.2, 0.25) is 0 Å². The van der Waals surface area contributed by atoms with Crippen molar-refractivity contribution in [3.63, 3.8) is 0 Å². The number of aryl methyl sites for hydroxylation is 1. The van der Waals surface area contributed by atoms with E-state index in [-0.39, 0.29) is 12.2 Å². The molecule has 0 spiro atoms. The van der Waals surface area contributed by atoms with Crippen LogP contribution in [0, 0.1) is 6.92 Å². The molecule has 1 aromatic heterocycles. The molecule has 0 saturated heterocycles. The van der Waals surface area contributed by atoms with Gasteiger partial charge in [0.2, 0.25) is 0 Å². The molecule has 0 fully saturated rings. The molecule has 0 aliphatic rings. The Bertz CT molecular complexity index is 545. The van der Waals surface area contributed by atoms with E-state index in [9.17, 15) is 4.79 Å². The van der Waals surface area contributed by atoms with Gasteiger partial charge in [-0.15, -0.1) is 11.3 Å². The zero-order valence-corrected chi connectivity index (χ0v) is 9.99. The highest BCUT2D eigenvalue weighted by molar-refractivity contribution is 7.15. The summed E-state index contributed by atoms with van der Waals surface area (Å²) in [6.45, 7) is 1.83. The van der Waals surface area contributed by atoms with Crippen LogP contribution in [0.25, 0.3) is 10.6 Å². The first-order valence-electron chi connectivity index (χ1n) is 5.02. The van der Waals surface area contributed by atoms with E-state index in [1.165, 1.54) is 11.3 Å². The van der Waals surface area contributed by atoms with E-state index in [1.807, 2.05) is 6.92 Å². The second-order valence-electron chi connectivity index (χ2n) is 3.56. The molecule has 4 nitrogen and oxygen atoms in total. The lowest BCUT2D eigenvalue weighted by molar-refractivity contribution is 0.0697. The molecule has 0 atom stereocenters. The van der Waals surface area contributed by atoms with Gasteiger partial charge in [0.05, 0.1) is 17.9 Å². The first-order valence-corrected chi connectivity index (χ1v) is 5.84. The zero-order valence-electron chi connectivity index (χ0n) is 9.17. The third kappa shape index (κ3) is 2.35. The molecular weight excluding hydrogens is 238 g/mol. The summed E-state index contributed by atoms with van der Waals surface area (Å²) in [6, 6.07) is 6.55. The van der Waals surface area contributed by atoms with Crippen LogP contribution in [0.15, 0.2) is 24.3 Å². The maximum Gasteiger partial charge on any atom is 0.335 e. The topological polar surface area (TPSA) is 70.4 Å². The zero-order chi connectivity index (χ0) is 12.4. The molecule has 1 heterocycles. The average molecular weight is 249 g/mol. The molecule has 88 valence electrons. The van der Waals surface area contributed by atoms with Crippen molar-refractivity contribution < 1.29 is 15.0 Å². The number of thiazole rings is 1. The monoisotopic (exact) mass is 249 g/mol. The Morgan fingerprint density at radius 3 is 2.47 bits per heavy atom. The Morgan fingerprint density at radius 2 is 2.00 bits per heavy atom. The molecule has 0 aliphatic heterocycles. The molecule has 0 radical (unpaired) electrons. The summed E-state index contributed by atoms with van der Waals surface area (Å²) in [6.07, 6.45) is 0. The van der Waals surface area contributed by atoms with Crippen LogP contribution < -0.4 is 0 Å². The smallest absolute Gasteiger partial charge is 0.335 e. The van der Waals surface area contributed by atoms with Gasteiger partial charge in [0.1, 0.15) is 5.01 Å². The summed E-state index contributed by atoms with van der Waals surface area (Å²) in [4.78, 5) is 16.0. The second-order valence-corrected chi connectivity index (χ2v) is 4.77. The number of hydrogen-bond donors (Lipinski definition) is 2. The standard InChI is InChI=1S/C12H11NO3S/c1-7-10(6-14)13-11(17-7)8-2-4-9(5-3-8)12(15)16/h2-5,14H,6H2,1H3,(H,15,16). The highest BCUT2D eigenvalue weighted by Crippen LogP contribution is 2.27. The van der Waals surface area contributed by atoms with Crippen LogP contribution in [0.5, 0.6) is 0 Å². The normalized spacial score (nSPS) is 10.5. The maximum absolute atomic E-state index is 10.7. The van der Waals surface area contributed by atoms with Gasteiger partial charge in [-0.1, -0.05) is 12.1 Å². The van der Waals surface area contributed by atoms with Crippen LogP contribution in [0.4, 0.5) is 0 Å². The number of aliphatic hydroxyl groups excluding tert-OH is 1. The number of carboxylic acids is 1. The van der Waals surface area contributed by atoms with Gasteiger partial charge in [-0.05, 0) is 19.1 Å². The van der Waals surface area contributed by atoms with Crippen LogP contribution >= 0.6 is 11.3 Å². The fraction of sp³-hybridized carbons (Fsp3) is 0.167. The van der Waals surface area contributed by atoms with Gasteiger partial charge in [-0.3, -0.25) is 0 Å². The molecule has 0 aliphatic carbocycles. The second kappa shape index (κ2) is 4.65. The number of benzene rings is 1. The lowest BCUT2D eigenvalue weighted by atomic mass is 10.1. The molecule has 1 aromatic carbocycles. The molecule has 0 amide bonds. The van der Waals surface area contributed by atoms with E-state index in [1.54, 1.807) is 24.3 Å². The number of nitrogens with zero attached hydrogens (tertiary/aromatic N) is 1. The van der Waals surface area contributed by atoms with Crippen LogP contribution in [0.3, 0.4) is 0 Å². The van der Waals surface area contributed by atoms with Gasteiger partial charge in [0.15, 0.2) is 0 Å². The number of rotatable bonds is 3. The highest BCUT2D eigenvalue weighted by Gasteiger charge is 2.09. The minimum Gasteiger partial charge on any atom is -0.478 e. The Hall–Kier alpha value is -1.72. The number of carbonyl (C=O) groups is 1. The van der Waals surface area contributed by atoms with Crippen molar-refractivity contribution >= 4 is 17.3 Å². The van der Waals surface area contributed by atoms with Crippen molar-refractivity contribution in [1.82, 2.24) is 4.98 Å². The van der Waals surface area contributed by atoms with Crippen LogP contribution in [-0.2, 0) is 6.61 Å². The largest absolute Gasteiger partial charge is 0.478 e. The summed E-state index contributed by atoms with van der Waals surface area (Å²) in [5.74, 6) is -0.942. The molecule has 0 bridgehead atoms. The quantitative estimate of drug-likeness (QED) is 0.875. The lowest BCUT2D eigenvalue weighted by Crippen LogP contribution is -1.94. The van der Waals surface area contributed by atoms with Gasteiger partial charge in [-0.2, -0.15) is 0 Å². The van der Waals surface area contributed by atoms with Crippen LogP contribution in [-0.4, -0.2) is 21.2 Å². The van der Waals surface area contributed by atoms with Crippen molar-refractivity contribution in [3.8, 4) is 10.6 Å². The first-order chi connectivity index (χ1) is 8.11. The number of hydrogen-bond acceptors (Lipinski definition) is 4. The van der Waals surface area contributed by atoms with E-state index in [0.29, 0.717) is 5.69 Å². The molecule has 0 unspecified atom stereocenters. The number of aromatic carboxylic acids is 1. The number of carboxylic acid groups (broad SMARTS) is 1. The van der Waals surface area contributed by atoms with E-state index in [4.69, 9.17) is 10.2 Å². The minimum atomic E-state index is -0.942. The minimum absolute atomic E-state index is 0.0739. The predicted molar refractivity (Wildman–Crippen MR) is 65.2 cm³/mol. The van der Waals surface area contributed by atoms with Crippen molar-refractivity contribution in [2.45, 2.75) is 13.5 Å². The highest BCUT2D eigenvalue weighted by atomic mass is 32.1. The van der Waals surface area contributed by atoms with Crippen molar-refractivity contribution in [1.29, 1.82) is 0 Å². The summed E-state index contributed by atoms with van der Waals surface area (Å²) >= 11 is 1.49. The first kappa shape index (κ1) is 11.8. The maximum atomic E-state index is 10.7. The van der Waals surface area contributed by atoms with Crippen molar-refractivity contribution in [3.05, 3.63) is 40.4 Å². The van der Waals surface area contributed by atoms with Gasteiger partial charge < -0.3 is 10.2 Å². The Morgan fingerprint density at radius 1 is 1.35 bits per heavy atom. The van der Waals surface area contributed by atoms with Gasteiger partial charge in [-0.25, -0.2) is 9.78 Å². The van der Waals surface area contributed by atoms with Crippen molar-refractivity contribution in [2.24, 2.45) is 0 Å². The molecule has 2 rings (SSSR count). The fourth-order valence-electron chi connectivity index (χ4n) is 1.45. The lowest BCUT2D eigenvalue weighted by Gasteiger charge is -1.97. The van der Waals surface area contributed by atoms with E-state index in [2.05, 4.69) is 4.98 Å². The SMILES string of the molecule is Cc1sc(-c2ccc(C(=O)O)cc2)nc1CO. The third-order valence-corrected chi connectivity index (χ3v) is 3.48.